The molecule has 2 aromatic heterocycles. The van der Waals surface area contributed by atoms with Crippen molar-refractivity contribution in [3.8, 4) is 0 Å². The van der Waals surface area contributed by atoms with Crippen LogP contribution in [-0.2, 0) is 6.54 Å². The summed E-state index contributed by atoms with van der Waals surface area (Å²) >= 11 is 1.64. The SMILES string of the molecule is Nc1nc2ccc(F)cc2n1Cc1cccs1. The summed E-state index contributed by atoms with van der Waals surface area (Å²) in [5, 5.41) is 2.01. The normalized spacial score (nSPS) is 11.1. The summed E-state index contributed by atoms with van der Waals surface area (Å²) < 4.78 is 15.0. The van der Waals surface area contributed by atoms with Crippen molar-refractivity contribution < 1.29 is 4.39 Å². The molecule has 0 radical (unpaired) electrons. The van der Waals surface area contributed by atoms with Crippen LogP contribution in [-0.4, -0.2) is 9.55 Å². The number of halogens is 1. The lowest BCUT2D eigenvalue weighted by atomic mass is 10.3. The molecule has 3 rings (SSSR count). The van der Waals surface area contributed by atoms with Gasteiger partial charge in [-0.2, -0.15) is 0 Å². The van der Waals surface area contributed by atoms with Crippen molar-refractivity contribution in [2.45, 2.75) is 6.54 Å². The highest BCUT2D eigenvalue weighted by Crippen LogP contribution is 2.21. The molecule has 86 valence electrons. The molecule has 0 saturated carbocycles. The maximum Gasteiger partial charge on any atom is 0.201 e. The molecule has 0 amide bonds. The first-order valence-corrected chi connectivity index (χ1v) is 6.05. The van der Waals surface area contributed by atoms with Gasteiger partial charge in [0.25, 0.3) is 0 Å². The summed E-state index contributed by atoms with van der Waals surface area (Å²) in [6.45, 7) is 0.628. The molecule has 0 saturated heterocycles. The number of rotatable bonds is 2. The molecule has 0 bridgehead atoms. The van der Waals surface area contributed by atoms with Crippen LogP contribution in [0.3, 0.4) is 0 Å². The molecule has 3 nitrogen and oxygen atoms in total. The zero-order valence-electron chi connectivity index (χ0n) is 8.93. The van der Waals surface area contributed by atoms with Crippen molar-refractivity contribution in [2.75, 3.05) is 5.73 Å². The Morgan fingerprint density at radius 3 is 3.00 bits per heavy atom. The summed E-state index contributed by atoms with van der Waals surface area (Å²) in [6, 6.07) is 8.51. The van der Waals surface area contributed by atoms with Crippen LogP contribution < -0.4 is 5.73 Å². The van der Waals surface area contributed by atoms with Gasteiger partial charge in [0.05, 0.1) is 17.6 Å². The van der Waals surface area contributed by atoms with Crippen LogP contribution in [0.2, 0.25) is 0 Å². The predicted octanol–water partition coefficient (Wildman–Crippen LogP) is 2.87. The van der Waals surface area contributed by atoms with E-state index in [1.807, 2.05) is 22.1 Å². The first kappa shape index (κ1) is 10.3. The molecule has 0 aliphatic rings. The molecule has 2 N–H and O–H groups in total. The number of hydrogen-bond donors (Lipinski definition) is 1. The van der Waals surface area contributed by atoms with Gasteiger partial charge in [0.15, 0.2) is 0 Å². The van der Waals surface area contributed by atoms with Crippen LogP contribution >= 0.6 is 11.3 Å². The predicted molar refractivity (Wildman–Crippen MR) is 67.5 cm³/mol. The Morgan fingerprint density at radius 2 is 2.24 bits per heavy atom. The Labute approximate surface area is 101 Å². The fourth-order valence-electron chi connectivity index (χ4n) is 1.84. The van der Waals surface area contributed by atoms with E-state index in [0.717, 1.165) is 11.0 Å². The van der Waals surface area contributed by atoms with Crippen LogP contribution in [0.1, 0.15) is 4.88 Å². The third-order valence-corrected chi connectivity index (χ3v) is 3.50. The van der Waals surface area contributed by atoms with Gasteiger partial charge in [0.1, 0.15) is 5.82 Å². The van der Waals surface area contributed by atoms with E-state index in [0.29, 0.717) is 12.5 Å². The number of hydrogen-bond acceptors (Lipinski definition) is 3. The average Bonchev–Trinajstić information content (AvgIpc) is 2.90. The maximum atomic E-state index is 13.2. The number of fused-ring (bicyclic) bond motifs is 1. The third kappa shape index (κ3) is 1.78. The number of thiophene rings is 1. The van der Waals surface area contributed by atoms with Gasteiger partial charge in [-0.15, -0.1) is 11.3 Å². The average molecular weight is 247 g/mol. The second-order valence-electron chi connectivity index (χ2n) is 3.77. The lowest BCUT2D eigenvalue weighted by Gasteiger charge is -2.04. The molecule has 0 atom stereocenters. The Bertz CT molecular complexity index is 658. The van der Waals surface area contributed by atoms with E-state index >= 15 is 0 Å². The minimum atomic E-state index is -0.273. The van der Waals surface area contributed by atoms with E-state index in [-0.39, 0.29) is 5.82 Å². The highest BCUT2D eigenvalue weighted by atomic mass is 32.1. The highest BCUT2D eigenvalue weighted by molar-refractivity contribution is 7.09. The van der Waals surface area contributed by atoms with Gasteiger partial charge in [-0.05, 0) is 29.6 Å². The van der Waals surface area contributed by atoms with E-state index in [9.17, 15) is 4.39 Å². The topological polar surface area (TPSA) is 43.8 Å². The van der Waals surface area contributed by atoms with Crippen molar-refractivity contribution in [3.05, 3.63) is 46.4 Å². The number of imidazole rings is 1. The molecular formula is C12H10FN3S. The van der Waals surface area contributed by atoms with Gasteiger partial charge >= 0.3 is 0 Å². The smallest absolute Gasteiger partial charge is 0.201 e. The van der Waals surface area contributed by atoms with E-state index in [4.69, 9.17) is 5.73 Å². The third-order valence-electron chi connectivity index (χ3n) is 2.63. The molecule has 0 unspecified atom stereocenters. The number of nitrogens with zero attached hydrogens (tertiary/aromatic N) is 2. The van der Waals surface area contributed by atoms with Gasteiger partial charge in [-0.3, -0.25) is 0 Å². The molecule has 0 fully saturated rings. The molecule has 17 heavy (non-hydrogen) atoms. The van der Waals surface area contributed by atoms with Crippen molar-refractivity contribution in [3.63, 3.8) is 0 Å². The largest absolute Gasteiger partial charge is 0.369 e. The Balaban J connectivity index is 2.14. The van der Waals surface area contributed by atoms with Crippen molar-refractivity contribution in [2.24, 2.45) is 0 Å². The van der Waals surface area contributed by atoms with E-state index in [1.54, 1.807) is 17.4 Å². The zero-order valence-corrected chi connectivity index (χ0v) is 9.75. The molecule has 2 heterocycles. The molecule has 0 aliphatic carbocycles. The summed E-state index contributed by atoms with van der Waals surface area (Å²) in [7, 11) is 0. The zero-order chi connectivity index (χ0) is 11.8. The number of aromatic nitrogens is 2. The molecule has 1 aromatic carbocycles. The Kier molecular flexibility index (Phi) is 2.33. The van der Waals surface area contributed by atoms with Gasteiger partial charge < -0.3 is 10.3 Å². The van der Waals surface area contributed by atoms with Gasteiger partial charge in [0.2, 0.25) is 5.95 Å². The number of nitrogen functional groups attached to an aromatic ring is 1. The Hall–Kier alpha value is -1.88. The molecule has 3 aromatic rings. The van der Waals surface area contributed by atoms with Crippen molar-refractivity contribution >= 4 is 28.3 Å². The van der Waals surface area contributed by atoms with E-state index in [2.05, 4.69) is 4.98 Å². The van der Waals surface area contributed by atoms with E-state index < -0.39 is 0 Å². The monoisotopic (exact) mass is 247 g/mol. The van der Waals surface area contributed by atoms with Gasteiger partial charge in [0, 0.05) is 4.88 Å². The minimum Gasteiger partial charge on any atom is -0.369 e. The van der Waals surface area contributed by atoms with Gasteiger partial charge in [-0.25, -0.2) is 9.37 Å². The van der Waals surface area contributed by atoms with Crippen molar-refractivity contribution in [1.82, 2.24) is 9.55 Å². The second-order valence-corrected chi connectivity index (χ2v) is 4.80. The van der Waals surface area contributed by atoms with Crippen LogP contribution in [0.5, 0.6) is 0 Å². The minimum absolute atomic E-state index is 0.273. The summed E-state index contributed by atoms with van der Waals surface area (Å²) in [5.41, 5.74) is 7.31. The molecule has 0 spiro atoms. The number of benzene rings is 1. The molecule has 5 heteroatoms. The van der Waals surface area contributed by atoms with Crippen LogP contribution in [0.15, 0.2) is 35.7 Å². The molecule has 0 aliphatic heterocycles. The second kappa shape index (κ2) is 3.85. The first-order valence-electron chi connectivity index (χ1n) is 5.18. The summed E-state index contributed by atoms with van der Waals surface area (Å²) in [6.07, 6.45) is 0. The first-order chi connectivity index (χ1) is 8.24. The fourth-order valence-corrected chi connectivity index (χ4v) is 2.53. The van der Waals surface area contributed by atoms with Crippen LogP contribution in [0.25, 0.3) is 11.0 Å². The number of anilines is 1. The quantitative estimate of drug-likeness (QED) is 0.756. The lowest BCUT2D eigenvalue weighted by Crippen LogP contribution is -2.03. The summed E-state index contributed by atoms with van der Waals surface area (Å²) in [4.78, 5) is 5.38. The van der Waals surface area contributed by atoms with E-state index in [1.165, 1.54) is 17.0 Å². The van der Waals surface area contributed by atoms with Crippen LogP contribution in [0, 0.1) is 5.82 Å². The maximum absolute atomic E-state index is 13.2. The highest BCUT2D eigenvalue weighted by Gasteiger charge is 2.09. The summed E-state index contributed by atoms with van der Waals surface area (Å²) in [5.74, 6) is 0.142. The van der Waals surface area contributed by atoms with Crippen molar-refractivity contribution in [1.29, 1.82) is 0 Å². The fraction of sp³-hybridized carbons (Fsp3) is 0.0833. The van der Waals surface area contributed by atoms with Crippen LogP contribution in [0.4, 0.5) is 10.3 Å². The molecular weight excluding hydrogens is 237 g/mol. The number of nitrogens with two attached hydrogens (primary N) is 1. The Morgan fingerprint density at radius 1 is 1.35 bits per heavy atom. The van der Waals surface area contributed by atoms with Gasteiger partial charge in [-0.1, -0.05) is 6.07 Å². The lowest BCUT2D eigenvalue weighted by molar-refractivity contribution is 0.628. The standard InChI is InChI=1S/C12H10FN3S/c13-8-3-4-10-11(6-8)16(12(14)15-10)7-9-2-1-5-17-9/h1-6H,7H2,(H2,14,15).